The number of nitrogens with zero attached hydrogens (tertiary/aromatic N) is 3. The highest BCUT2D eigenvalue weighted by Crippen LogP contribution is 2.46. The number of aryl methyl sites for hydroxylation is 1. The summed E-state index contributed by atoms with van der Waals surface area (Å²) >= 11 is 0. The van der Waals surface area contributed by atoms with Crippen LogP contribution < -0.4 is 11.1 Å². The number of hydrogen-bond donors (Lipinski definition) is 2. The highest BCUT2D eigenvalue weighted by molar-refractivity contribution is 7.91. The number of hydrogen-bond acceptors (Lipinski definition) is 7. The first-order chi connectivity index (χ1) is 16.1. The van der Waals surface area contributed by atoms with E-state index >= 15 is 0 Å². The standard InChI is InChI=1S/C25H25N5O3S/c1-16-6-9-20(25(34(3,32)33)14-18(23(26)31)8-7-17(25)2)13-22(16)30-24-28-12-10-21(29-24)19-5-4-11-27-15-19/h4-13,15H,14H2,1-3H3,(H2,26,31)(H,28,29,30). The second-order valence-electron chi connectivity index (χ2n) is 8.34. The van der Waals surface area contributed by atoms with Crippen molar-refractivity contribution in [2.45, 2.75) is 25.0 Å². The van der Waals surface area contributed by atoms with Gasteiger partial charge in [-0.2, -0.15) is 0 Å². The molecule has 0 saturated carbocycles. The molecule has 9 heteroatoms. The topological polar surface area (TPSA) is 128 Å². The summed E-state index contributed by atoms with van der Waals surface area (Å²) in [5.74, 6) is -0.272. The lowest BCUT2D eigenvalue weighted by molar-refractivity contribution is -0.114. The number of primary amides is 1. The average molecular weight is 476 g/mol. The van der Waals surface area contributed by atoms with Gasteiger partial charge >= 0.3 is 0 Å². The van der Waals surface area contributed by atoms with Crippen LogP contribution in [0.5, 0.6) is 0 Å². The van der Waals surface area contributed by atoms with E-state index in [1.807, 2.05) is 25.1 Å². The van der Waals surface area contributed by atoms with Crippen LogP contribution in [0.3, 0.4) is 0 Å². The van der Waals surface area contributed by atoms with Crippen molar-refractivity contribution in [3.8, 4) is 11.3 Å². The molecule has 34 heavy (non-hydrogen) atoms. The van der Waals surface area contributed by atoms with E-state index in [1.54, 1.807) is 55.9 Å². The summed E-state index contributed by atoms with van der Waals surface area (Å²) in [6, 6.07) is 10.9. The molecule has 4 rings (SSSR count). The molecule has 1 aliphatic carbocycles. The molecule has 0 spiro atoms. The van der Waals surface area contributed by atoms with Gasteiger partial charge in [0.2, 0.25) is 11.9 Å². The number of nitrogens with two attached hydrogens (primary N) is 1. The Bertz CT molecular complexity index is 1430. The number of allylic oxidation sites excluding steroid dienone is 2. The number of pyridine rings is 1. The molecular weight excluding hydrogens is 450 g/mol. The Morgan fingerprint density at radius 2 is 1.91 bits per heavy atom. The van der Waals surface area contributed by atoms with Crippen molar-refractivity contribution in [3.63, 3.8) is 0 Å². The Balaban J connectivity index is 1.77. The summed E-state index contributed by atoms with van der Waals surface area (Å²) < 4.78 is 24.9. The third-order valence-electron chi connectivity index (χ3n) is 6.12. The zero-order chi connectivity index (χ0) is 24.5. The number of carbonyl (C=O) groups is 1. The van der Waals surface area contributed by atoms with Gasteiger partial charge in [-0.1, -0.05) is 24.3 Å². The summed E-state index contributed by atoms with van der Waals surface area (Å²) in [4.78, 5) is 24.9. The SMILES string of the molecule is CC1=CC=C(C(N)=O)CC1(c1ccc(C)c(Nc2nccc(-c3cccnc3)n2)c1)S(C)(=O)=O. The molecule has 1 aromatic carbocycles. The second-order valence-corrected chi connectivity index (χ2v) is 10.6. The number of rotatable bonds is 6. The van der Waals surface area contributed by atoms with Gasteiger partial charge in [0.15, 0.2) is 9.84 Å². The Kier molecular flexibility index (Phi) is 6.05. The number of carbonyl (C=O) groups excluding carboxylic acids is 1. The van der Waals surface area contributed by atoms with Crippen LogP contribution in [0.25, 0.3) is 11.3 Å². The maximum absolute atomic E-state index is 13.2. The molecule has 1 atom stereocenters. The van der Waals surface area contributed by atoms with Crippen molar-refractivity contribution in [2.24, 2.45) is 5.73 Å². The molecule has 0 saturated heterocycles. The van der Waals surface area contributed by atoms with Gasteiger partial charge in [-0.05, 0) is 54.8 Å². The molecule has 1 unspecified atom stereocenters. The summed E-state index contributed by atoms with van der Waals surface area (Å²) in [6.07, 6.45) is 9.45. The van der Waals surface area contributed by atoms with E-state index < -0.39 is 20.5 Å². The van der Waals surface area contributed by atoms with Crippen LogP contribution in [-0.2, 0) is 19.4 Å². The Morgan fingerprint density at radius 1 is 1.12 bits per heavy atom. The van der Waals surface area contributed by atoms with Crippen LogP contribution >= 0.6 is 0 Å². The number of sulfone groups is 1. The van der Waals surface area contributed by atoms with Gasteiger partial charge in [0.25, 0.3) is 0 Å². The number of amides is 1. The fourth-order valence-corrected chi connectivity index (χ4v) is 5.81. The predicted octanol–water partition coefficient (Wildman–Crippen LogP) is 3.59. The van der Waals surface area contributed by atoms with Crippen molar-refractivity contribution >= 4 is 27.4 Å². The fourth-order valence-electron chi connectivity index (χ4n) is 4.19. The van der Waals surface area contributed by atoms with E-state index in [9.17, 15) is 13.2 Å². The zero-order valence-electron chi connectivity index (χ0n) is 19.1. The summed E-state index contributed by atoms with van der Waals surface area (Å²) in [5, 5.41) is 3.22. The lowest BCUT2D eigenvalue weighted by Crippen LogP contribution is -2.40. The van der Waals surface area contributed by atoms with Gasteiger partial charge < -0.3 is 11.1 Å². The smallest absolute Gasteiger partial charge is 0.244 e. The van der Waals surface area contributed by atoms with Crippen molar-refractivity contribution < 1.29 is 13.2 Å². The van der Waals surface area contributed by atoms with E-state index in [-0.39, 0.29) is 12.0 Å². The van der Waals surface area contributed by atoms with E-state index in [0.29, 0.717) is 28.5 Å². The van der Waals surface area contributed by atoms with Gasteiger partial charge in [0, 0.05) is 48.1 Å². The molecule has 1 aliphatic rings. The molecule has 174 valence electrons. The maximum Gasteiger partial charge on any atom is 0.244 e. The lowest BCUT2D eigenvalue weighted by atomic mass is 9.81. The second kappa shape index (κ2) is 8.83. The van der Waals surface area contributed by atoms with E-state index in [2.05, 4.69) is 20.3 Å². The van der Waals surface area contributed by atoms with Gasteiger partial charge in [0.1, 0.15) is 4.75 Å². The molecule has 0 fully saturated rings. The lowest BCUT2D eigenvalue weighted by Gasteiger charge is -2.36. The molecule has 2 heterocycles. The van der Waals surface area contributed by atoms with E-state index in [4.69, 9.17) is 5.73 Å². The van der Waals surface area contributed by atoms with E-state index in [1.165, 1.54) is 6.26 Å². The van der Waals surface area contributed by atoms with Gasteiger partial charge in [-0.15, -0.1) is 0 Å². The van der Waals surface area contributed by atoms with Crippen LogP contribution in [0.15, 0.2) is 78.3 Å². The van der Waals surface area contributed by atoms with Crippen LogP contribution in [0.2, 0.25) is 0 Å². The van der Waals surface area contributed by atoms with Gasteiger partial charge in [-0.25, -0.2) is 18.4 Å². The highest BCUT2D eigenvalue weighted by Gasteiger charge is 2.46. The maximum atomic E-state index is 13.2. The molecule has 2 aromatic heterocycles. The van der Waals surface area contributed by atoms with Crippen LogP contribution in [-0.4, -0.2) is 35.5 Å². The predicted molar refractivity (Wildman–Crippen MR) is 132 cm³/mol. The molecular formula is C25H25N5O3S. The average Bonchev–Trinajstić information content (AvgIpc) is 2.81. The summed E-state index contributed by atoms with van der Waals surface area (Å²) in [7, 11) is -3.68. The Morgan fingerprint density at radius 3 is 2.59 bits per heavy atom. The molecule has 3 N–H and O–H groups in total. The summed E-state index contributed by atoms with van der Waals surface area (Å²) in [6.45, 7) is 3.66. The van der Waals surface area contributed by atoms with Crippen molar-refractivity contribution in [1.82, 2.24) is 15.0 Å². The molecule has 3 aromatic rings. The third-order valence-corrected chi connectivity index (χ3v) is 8.09. The molecule has 8 nitrogen and oxygen atoms in total. The van der Waals surface area contributed by atoms with E-state index in [0.717, 1.165) is 11.1 Å². The molecule has 1 amide bonds. The van der Waals surface area contributed by atoms with Crippen molar-refractivity contribution in [2.75, 3.05) is 11.6 Å². The largest absolute Gasteiger partial charge is 0.366 e. The van der Waals surface area contributed by atoms with Gasteiger partial charge in [0.05, 0.1) is 5.69 Å². The number of aromatic nitrogens is 3. The first-order valence-corrected chi connectivity index (χ1v) is 12.5. The fraction of sp³-hybridized carbons (Fsp3) is 0.200. The number of benzene rings is 1. The monoisotopic (exact) mass is 475 g/mol. The minimum atomic E-state index is -3.68. The zero-order valence-corrected chi connectivity index (χ0v) is 19.9. The first kappa shape index (κ1) is 23.3. The van der Waals surface area contributed by atoms with Crippen molar-refractivity contribution in [3.05, 3.63) is 89.4 Å². The van der Waals surface area contributed by atoms with Crippen LogP contribution in [0, 0.1) is 6.92 Å². The molecule has 0 radical (unpaired) electrons. The molecule has 0 bridgehead atoms. The minimum Gasteiger partial charge on any atom is -0.366 e. The Labute approximate surface area is 198 Å². The normalized spacial score (nSPS) is 18.1. The van der Waals surface area contributed by atoms with Crippen LogP contribution in [0.4, 0.5) is 11.6 Å². The number of anilines is 2. The van der Waals surface area contributed by atoms with Gasteiger partial charge in [-0.3, -0.25) is 9.78 Å². The minimum absolute atomic E-state index is 0.0288. The third kappa shape index (κ3) is 4.22. The van der Waals surface area contributed by atoms with Crippen molar-refractivity contribution in [1.29, 1.82) is 0 Å². The van der Waals surface area contributed by atoms with Crippen LogP contribution in [0.1, 0.15) is 24.5 Å². The molecule has 0 aliphatic heterocycles. The summed E-state index contributed by atoms with van der Waals surface area (Å²) in [5.41, 5.74) is 10.0. The highest BCUT2D eigenvalue weighted by atomic mass is 32.2. The number of nitrogens with one attached hydrogen (secondary N) is 1. The Hall–Kier alpha value is -3.85. The quantitative estimate of drug-likeness (QED) is 0.557. The first-order valence-electron chi connectivity index (χ1n) is 10.6.